The molecule has 0 heterocycles. The molecule has 0 bridgehead atoms. The van der Waals surface area contributed by atoms with Gasteiger partial charge in [0.25, 0.3) is 0 Å². The SMILES string of the molecule is CO[SiH](CO)OC(C)(C)C. The minimum atomic E-state index is -1.76. The fourth-order valence-corrected chi connectivity index (χ4v) is 1.66. The third kappa shape index (κ3) is 4.93. The minimum absolute atomic E-state index is 0.0355. The molecule has 3 nitrogen and oxygen atoms in total. The van der Waals surface area contributed by atoms with Crippen LogP contribution in [0.4, 0.5) is 0 Å². The van der Waals surface area contributed by atoms with E-state index in [0.717, 1.165) is 0 Å². The summed E-state index contributed by atoms with van der Waals surface area (Å²) in [6.07, 6.45) is 0.0355. The largest absolute Gasteiger partial charge is 0.399 e. The van der Waals surface area contributed by atoms with Crippen LogP contribution in [0.25, 0.3) is 0 Å². The molecule has 0 aliphatic rings. The average Bonchev–Trinajstić information content (AvgIpc) is 1.81. The highest BCUT2D eigenvalue weighted by molar-refractivity contribution is 6.44. The van der Waals surface area contributed by atoms with Crippen molar-refractivity contribution in [1.29, 1.82) is 0 Å². The minimum Gasteiger partial charge on any atom is -0.399 e. The third-order valence-electron chi connectivity index (χ3n) is 0.897. The van der Waals surface area contributed by atoms with Gasteiger partial charge in [0.15, 0.2) is 0 Å². The summed E-state index contributed by atoms with van der Waals surface area (Å²) in [5.74, 6) is 0. The zero-order valence-electron chi connectivity index (χ0n) is 7.05. The molecule has 4 heteroatoms. The van der Waals surface area contributed by atoms with Gasteiger partial charge in [0, 0.05) is 12.7 Å². The Kier molecular flexibility index (Phi) is 4.11. The first-order valence-corrected chi connectivity index (χ1v) is 5.07. The van der Waals surface area contributed by atoms with Crippen LogP contribution in [0.15, 0.2) is 0 Å². The van der Waals surface area contributed by atoms with Gasteiger partial charge in [-0.1, -0.05) is 0 Å². The van der Waals surface area contributed by atoms with Crippen molar-refractivity contribution in [3.05, 3.63) is 0 Å². The summed E-state index contributed by atoms with van der Waals surface area (Å²) in [7, 11) is -0.193. The molecule has 0 spiro atoms. The molecule has 0 amide bonds. The number of rotatable bonds is 3. The standard InChI is InChI=1S/C6H16O3Si/c1-6(2,3)9-10(5-7)8-4/h7,10H,5H2,1-4H3. The second kappa shape index (κ2) is 4.08. The van der Waals surface area contributed by atoms with Crippen LogP contribution in [0.1, 0.15) is 20.8 Å². The van der Waals surface area contributed by atoms with Crippen molar-refractivity contribution >= 4 is 9.28 Å². The third-order valence-corrected chi connectivity index (χ3v) is 2.69. The first-order chi connectivity index (χ1) is 4.49. The Morgan fingerprint density at radius 1 is 1.40 bits per heavy atom. The van der Waals surface area contributed by atoms with Crippen molar-refractivity contribution in [3.63, 3.8) is 0 Å². The molecule has 62 valence electrons. The van der Waals surface area contributed by atoms with Crippen LogP contribution in [-0.4, -0.2) is 33.3 Å². The molecule has 0 radical (unpaired) electrons. The number of hydrogen-bond donors (Lipinski definition) is 1. The predicted molar refractivity (Wildman–Crippen MR) is 42.1 cm³/mol. The summed E-state index contributed by atoms with van der Waals surface area (Å²) < 4.78 is 10.3. The van der Waals surface area contributed by atoms with E-state index in [1.54, 1.807) is 7.11 Å². The molecular formula is C6H16O3Si. The smallest absolute Gasteiger partial charge is 0.348 e. The summed E-state index contributed by atoms with van der Waals surface area (Å²) in [5.41, 5.74) is -0.199. The Labute approximate surface area is 63.8 Å². The Morgan fingerprint density at radius 3 is 2.00 bits per heavy atom. The summed E-state index contributed by atoms with van der Waals surface area (Å²) in [4.78, 5) is 0. The van der Waals surface area contributed by atoms with Gasteiger partial charge in [0.1, 0.15) is 0 Å². The number of hydrogen-bond acceptors (Lipinski definition) is 3. The molecule has 1 N–H and O–H groups in total. The van der Waals surface area contributed by atoms with Crippen LogP contribution < -0.4 is 0 Å². The quantitative estimate of drug-likeness (QED) is 0.606. The average molecular weight is 164 g/mol. The van der Waals surface area contributed by atoms with Crippen molar-refractivity contribution in [3.8, 4) is 0 Å². The van der Waals surface area contributed by atoms with Gasteiger partial charge in [0.05, 0.1) is 6.23 Å². The fourth-order valence-electron chi connectivity index (χ4n) is 0.554. The van der Waals surface area contributed by atoms with Crippen molar-refractivity contribution < 1.29 is 14.0 Å². The highest BCUT2D eigenvalue weighted by Gasteiger charge is 2.19. The second-order valence-electron chi connectivity index (χ2n) is 3.08. The van der Waals surface area contributed by atoms with Gasteiger partial charge in [-0.05, 0) is 20.8 Å². The molecule has 10 heavy (non-hydrogen) atoms. The fraction of sp³-hybridized carbons (Fsp3) is 1.00. The van der Waals surface area contributed by atoms with Gasteiger partial charge in [0.2, 0.25) is 0 Å². The first-order valence-electron chi connectivity index (χ1n) is 3.31. The van der Waals surface area contributed by atoms with E-state index in [1.807, 2.05) is 20.8 Å². The van der Waals surface area contributed by atoms with Crippen molar-refractivity contribution in [2.75, 3.05) is 13.3 Å². The molecule has 0 saturated carbocycles. The molecular weight excluding hydrogens is 148 g/mol. The normalized spacial score (nSPS) is 15.3. The van der Waals surface area contributed by atoms with E-state index in [9.17, 15) is 0 Å². The zero-order valence-corrected chi connectivity index (χ0v) is 8.20. The van der Waals surface area contributed by atoms with E-state index < -0.39 is 9.28 Å². The molecule has 0 aliphatic heterocycles. The summed E-state index contributed by atoms with van der Waals surface area (Å²) in [5, 5.41) is 8.70. The van der Waals surface area contributed by atoms with E-state index in [-0.39, 0.29) is 11.8 Å². The Bertz CT molecular complexity index is 85.5. The maximum absolute atomic E-state index is 8.70. The van der Waals surface area contributed by atoms with E-state index in [2.05, 4.69) is 0 Å². The monoisotopic (exact) mass is 164 g/mol. The lowest BCUT2D eigenvalue weighted by molar-refractivity contribution is 0.0802. The van der Waals surface area contributed by atoms with E-state index in [1.165, 1.54) is 0 Å². The highest BCUT2D eigenvalue weighted by Crippen LogP contribution is 2.08. The van der Waals surface area contributed by atoms with E-state index >= 15 is 0 Å². The maximum atomic E-state index is 8.70. The number of aliphatic hydroxyl groups excluding tert-OH is 1. The maximum Gasteiger partial charge on any atom is 0.348 e. The summed E-state index contributed by atoms with van der Waals surface area (Å²) in [6, 6.07) is 0. The van der Waals surface area contributed by atoms with Crippen molar-refractivity contribution in [2.24, 2.45) is 0 Å². The van der Waals surface area contributed by atoms with Gasteiger partial charge in [-0.25, -0.2) is 0 Å². The summed E-state index contributed by atoms with van der Waals surface area (Å²) >= 11 is 0. The molecule has 1 unspecified atom stereocenters. The van der Waals surface area contributed by atoms with Crippen LogP contribution in [-0.2, 0) is 8.85 Å². The molecule has 0 fully saturated rings. The lowest BCUT2D eigenvalue weighted by Crippen LogP contribution is -2.35. The van der Waals surface area contributed by atoms with E-state index in [0.29, 0.717) is 0 Å². The molecule has 0 aliphatic carbocycles. The Hall–Kier alpha value is 0.0969. The first kappa shape index (κ1) is 10.1. The van der Waals surface area contributed by atoms with E-state index in [4.69, 9.17) is 14.0 Å². The topological polar surface area (TPSA) is 38.7 Å². The Balaban J connectivity index is 3.63. The van der Waals surface area contributed by atoms with Gasteiger partial charge in [-0.2, -0.15) is 0 Å². The molecule has 0 aromatic rings. The van der Waals surface area contributed by atoms with Crippen molar-refractivity contribution in [2.45, 2.75) is 26.4 Å². The lowest BCUT2D eigenvalue weighted by atomic mass is 10.2. The molecule has 0 saturated heterocycles. The molecule has 0 rings (SSSR count). The summed E-state index contributed by atoms with van der Waals surface area (Å²) in [6.45, 7) is 5.84. The molecule has 0 aromatic carbocycles. The Morgan fingerprint density at radius 2 is 1.90 bits per heavy atom. The van der Waals surface area contributed by atoms with Gasteiger partial charge in [-0.3, -0.25) is 0 Å². The zero-order chi connectivity index (χ0) is 8.20. The highest BCUT2D eigenvalue weighted by atomic mass is 28.3. The molecule has 1 atom stereocenters. The molecule has 0 aromatic heterocycles. The predicted octanol–water partition coefficient (Wildman–Crippen LogP) is 0.200. The van der Waals surface area contributed by atoms with Crippen LogP contribution >= 0.6 is 0 Å². The number of aliphatic hydroxyl groups is 1. The van der Waals surface area contributed by atoms with Crippen LogP contribution in [0, 0.1) is 0 Å². The second-order valence-corrected chi connectivity index (χ2v) is 5.01. The van der Waals surface area contributed by atoms with Gasteiger partial charge >= 0.3 is 9.28 Å². The van der Waals surface area contributed by atoms with Gasteiger partial charge < -0.3 is 14.0 Å². The van der Waals surface area contributed by atoms with Crippen LogP contribution in [0.5, 0.6) is 0 Å². The lowest BCUT2D eigenvalue weighted by Gasteiger charge is -2.24. The van der Waals surface area contributed by atoms with Crippen LogP contribution in [0.3, 0.4) is 0 Å². The van der Waals surface area contributed by atoms with Crippen molar-refractivity contribution in [1.82, 2.24) is 0 Å². The van der Waals surface area contributed by atoms with Gasteiger partial charge in [-0.15, -0.1) is 0 Å². The van der Waals surface area contributed by atoms with Crippen LogP contribution in [0.2, 0.25) is 0 Å².